The van der Waals surface area contributed by atoms with E-state index in [9.17, 15) is 28.8 Å². The van der Waals surface area contributed by atoms with Crippen molar-refractivity contribution in [3.63, 3.8) is 0 Å². The van der Waals surface area contributed by atoms with E-state index < -0.39 is 54.6 Å². The zero-order valence-corrected chi connectivity index (χ0v) is 19.7. The molecule has 0 radical (unpaired) electrons. The Labute approximate surface area is 196 Å². The summed E-state index contributed by atoms with van der Waals surface area (Å²) in [4.78, 5) is 47.2. The van der Waals surface area contributed by atoms with Crippen LogP contribution < -0.4 is 5.73 Å². The molecule has 1 aliphatic rings. The molecule has 0 amide bonds. The van der Waals surface area contributed by atoms with Crippen LogP contribution in [0.15, 0.2) is 12.7 Å². The number of nitrogens with zero attached hydrogens (tertiary/aromatic N) is 4. The second-order valence-corrected chi connectivity index (χ2v) is 10.4. The maximum absolute atomic E-state index is 11.8. The van der Waals surface area contributed by atoms with Gasteiger partial charge in [0.05, 0.1) is 12.9 Å². The van der Waals surface area contributed by atoms with Crippen molar-refractivity contribution in [2.75, 3.05) is 12.3 Å². The van der Waals surface area contributed by atoms with Crippen molar-refractivity contribution >= 4 is 63.5 Å². The molecule has 3 rings (SSSR count). The Morgan fingerprint density at radius 2 is 1.72 bits per heavy atom. The molecule has 4 unspecified atom stereocenters. The van der Waals surface area contributed by atoms with Gasteiger partial charge in [0, 0.05) is 0 Å². The molecule has 2 aromatic heterocycles. The fraction of sp³-hybridized carbons (Fsp3) is 0.500. The van der Waals surface area contributed by atoms with Gasteiger partial charge in [0.1, 0.15) is 30.2 Å². The van der Waals surface area contributed by atoms with Crippen molar-refractivity contribution in [1.29, 1.82) is 0 Å². The van der Waals surface area contributed by atoms with E-state index in [1.54, 1.807) is 0 Å². The first-order chi connectivity index (χ1) is 14.2. The molecule has 0 bridgehead atoms. The van der Waals surface area contributed by atoms with Crippen LogP contribution in [0.25, 0.3) is 11.2 Å². The Hall–Kier alpha value is -0.594. The van der Waals surface area contributed by atoms with E-state index in [0.29, 0.717) is 0 Å². The second-order valence-electron chi connectivity index (χ2n) is 6.02. The summed E-state index contributed by atoms with van der Waals surface area (Å²) in [6, 6.07) is 0. The Bertz CT molecular complexity index is 1120. The van der Waals surface area contributed by atoms with Crippen LogP contribution in [-0.2, 0) is 31.6 Å². The molecule has 0 aromatic carbocycles. The number of hydrogen-bond acceptors (Lipinski definition) is 13. The van der Waals surface area contributed by atoms with E-state index in [2.05, 4.69) is 28.1 Å². The topological polar surface area (TPSA) is 279 Å². The zero-order valence-electron chi connectivity index (χ0n) is 17.6. The molecule has 0 aliphatic carbocycles. The van der Waals surface area contributed by atoms with Crippen LogP contribution in [-0.4, -0.2) is 97.3 Å². The van der Waals surface area contributed by atoms with Crippen LogP contribution in [0.4, 0.5) is 5.82 Å². The van der Waals surface area contributed by atoms with E-state index in [0.717, 1.165) is 6.33 Å². The van der Waals surface area contributed by atoms with Crippen molar-refractivity contribution in [3.05, 3.63) is 12.7 Å². The number of imidazole rings is 1. The number of phosphoric acid groups is 3. The number of phosphoric ester groups is 1. The van der Waals surface area contributed by atoms with Crippen LogP contribution in [0.1, 0.15) is 9.08 Å². The monoisotopic (exact) mass is 533 g/mol. The molecule has 1 fully saturated rings. The number of anilines is 1. The summed E-state index contributed by atoms with van der Waals surface area (Å²) < 4.78 is 51.9. The molecule has 0 saturated carbocycles. The van der Waals surface area contributed by atoms with Gasteiger partial charge in [-0.3, -0.25) is 9.09 Å². The summed E-state index contributed by atoms with van der Waals surface area (Å²) >= 11 is 0. The van der Waals surface area contributed by atoms with Crippen LogP contribution in [0.2, 0.25) is 0 Å². The van der Waals surface area contributed by atoms with Gasteiger partial charge in [-0.1, -0.05) is 0 Å². The number of aliphatic hydroxyl groups is 2. The van der Waals surface area contributed by atoms with Gasteiger partial charge in [-0.2, -0.15) is 8.62 Å². The molecular weight excluding hydrogens is 515 g/mol. The first kappa shape index (κ1) is 27.6. The number of rotatable bonds is 8. The minimum absolute atomic E-state index is 0. The van der Waals surface area contributed by atoms with Crippen LogP contribution >= 0.6 is 23.5 Å². The van der Waals surface area contributed by atoms with E-state index in [-0.39, 0.29) is 42.9 Å². The molecule has 8 N–H and O–H groups in total. The maximum atomic E-state index is 11.8. The fourth-order valence-electron chi connectivity index (χ4n) is 2.62. The molecule has 2 aromatic rings. The SMILES string of the molecule is Nc1ncnc2c1ncn2[C@@H]1O[C@H](COP(=O)(O)OP(=O)(O)OP(=O)(O)O)C(O)C1O.[H-].[H-].[Mg+2]. The summed E-state index contributed by atoms with van der Waals surface area (Å²) in [6.45, 7) is -0.956. The Morgan fingerprint density at radius 3 is 2.34 bits per heavy atom. The first-order valence-corrected chi connectivity index (χ1v) is 12.4. The smallest absolute Gasteiger partial charge is 1.00 e. The number of ether oxygens (including phenoxy) is 1. The van der Waals surface area contributed by atoms with Gasteiger partial charge in [-0.15, -0.1) is 0 Å². The number of nitrogens with two attached hydrogens (primary N) is 1. The van der Waals surface area contributed by atoms with Crippen LogP contribution in [0.5, 0.6) is 0 Å². The predicted octanol–water partition coefficient (Wildman–Crippen LogP) is -1.78. The molecular formula is C10H18MgN5O13P3. The molecule has 22 heteroatoms. The summed E-state index contributed by atoms with van der Waals surface area (Å²) in [7, 11) is -16.7. The standard InChI is InChI=1S/C10H16N5O13P3.Mg.2H/c11-8-5-9(13-2-12-8)15(3-14-5)10-7(17)6(16)4(26-10)1-25-30(21,22)28-31(23,24)27-29(18,19)20;;;/h2-4,6-7,10,16-17H,1H2,(H,21,22)(H,23,24)(H2,11,12,13)(H2,18,19,20);;;/q;+2;2*-1/t4-,6?,7?,10-;;;/m1.../s1. The van der Waals surface area contributed by atoms with E-state index in [1.165, 1.54) is 10.9 Å². The zero-order chi connectivity index (χ0) is 23.2. The predicted molar refractivity (Wildman–Crippen MR) is 103 cm³/mol. The average Bonchev–Trinajstić information content (AvgIpc) is 3.13. The molecule has 0 spiro atoms. The van der Waals surface area contributed by atoms with Gasteiger partial charge in [0.25, 0.3) is 0 Å². The van der Waals surface area contributed by atoms with Crippen molar-refractivity contribution < 1.29 is 64.2 Å². The molecule has 6 atom stereocenters. The van der Waals surface area contributed by atoms with Gasteiger partial charge in [0.2, 0.25) is 0 Å². The third kappa shape index (κ3) is 6.50. The van der Waals surface area contributed by atoms with Crippen molar-refractivity contribution in [1.82, 2.24) is 19.5 Å². The average molecular weight is 534 g/mol. The summed E-state index contributed by atoms with van der Waals surface area (Å²) in [5.74, 6) is 0.0426. The number of aliphatic hydroxyl groups excluding tert-OH is 2. The minimum atomic E-state index is -5.70. The maximum Gasteiger partial charge on any atom is 2.00 e. The largest absolute Gasteiger partial charge is 2.00 e. The molecule has 32 heavy (non-hydrogen) atoms. The fourth-order valence-corrected chi connectivity index (χ4v) is 5.65. The summed E-state index contributed by atoms with van der Waals surface area (Å²) in [5, 5.41) is 20.4. The third-order valence-electron chi connectivity index (χ3n) is 3.82. The number of nitrogen functional groups attached to an aromatic ring is 1. The van der Waals surface area contributed by atoms with Crippen molar-refractivity contribution in [2.45, 2.75) is 24.5 Å². The Kier molecular flexibility index (Phi) is 8.60. The number of hydrogen-bond donors (Lipinski definition) is 7. The normalized spacial score (nSPS) is 27.6. The quantitative estimate of drug-likeness (QED) is 0.146. The third-order valence-corrected chi connectivity index (χ3v) is 7.62. The molecule has 3 heterocycles. The molecule has 178 valence electrons. The second kappa shape index (κ2) is 9.95. The summed E-state index contributed by atoms with van der Waals surface area (Å²) in [5.41, 5.74) is 6.00. The van der Waals surface area contributed by atoms with Gasteiger partial charge in [0.15, 0.2) is 17.7 Å². The van der Waals surface area contributed by atoms with Crippen molar-refractivity contribution in [2.24, 2.45) is 0 Å². The van der Waals surface area contributed by atoms with Crippen LogP contribution in [0.3, 0.4) is 0 Å². The van der Waals surface area contributed by atoms with Gasteiger partial charge >= 0.3 is 46.5 Å². The van der Waals surface area contributed by atoms with Crippen molar-refractivity contribution in [3.8, 4) is 0 Å². The van der Waals surface area contributed by atoms with E-state index >= 15 is 0 Å². The molecule has 1 saturated heterocycles. The van der Waals surface area contributed by atoms with Gasteiger partial charge in [-0.05, 0) is 0 Å². The first-order valence-electron chi connectivity index (χ1n) is 7.92. The van der Waals surface area contributed by atoms with Gasteiger partial charge < -0.3 is 43.1 Å². The Morgan fingerprint density at radius 1 is 1.06 bits per heavy atom. The molecule has 18 nitrogen and oxygen atoms in total. The minimum Gasteiger partial charge on any atom is -1.00 e. The van der Waals surface area contributed by atoms with Crippen LogP contribution in [0, 0.1) is 0 Å². The van der Waals surface area contributed by atoms with Gasteiger partial charge in [-0.25, -0.2) is 28.6 Å². The number of fused-ring (bicyclic) bond motifs is 1. The summed E-state index contributed by atoms with van der Waals surface area (Å²) in [6.07, 6.45) is -3.69. The molecule has 1 aliphatic heterocycles. The van der Waals surface area contributed by atoms with E-state index in [4.69, 9.17) is 25.2 Å². The number of aromatic nitrogens is 4. The van der Waals surface area contributed by atoms with E-state index in [1.807, 2.05) is 0 Å². The Balaban J connectivity index is 0.00000363.